The molecule has 3 rings (SSSR count). The zero-order valence-electron chi connectivity index (χ0n) is 16.4. The summed E-state index contributed by atoms with van der Waals surface area (Å²) in [4.78, 5) is 31.7. The smallest absolute Gasteiger partial charge is 0.419 e. The van der Waals surface area contributed by atoms with Crippen LogP contribution in [0.25, 0.3) is 0 Å². The SMILES string of the molecule is Cc1cc(CC(=O)CC(=O)c2ccccc2N)ccc1Oc1ncc(C(F)(F)F)cn1. The molecule has 9 heteroatoms. The van der Waals surface area contributed by atoms with E-state index in [-0.39, 0.29) is 30.4 Å². The van der Waals surface area contributed by atoms with Crippen LogP contribution < -0.4 is 10.5 Å². The minimum absolute atomic E-state index is 0.0381. The van der Waals surface area contributed by atoms with Crippen molar-refractivity contribution < 1.29 is 27.5 Å². The quantitative estimate of drug-likeness (QED) is 0.336. The van der Waals surface area contributed by atoms with Crippen molar-refractivity contribution >= 4 is 17.3 Å². The van der Waals surface area contributed by atoms with E-state index in [4.69, 9.17) is 10.5 Å². The Labute approximate surface area is 175 Å². The number of halogens is 3. The highest BCUT2D eigenvalue weighted by atomic mass is 19.4. The predicted molar refractivity (Wildman–Crippen MR) is 107 cm³/mol. The number of anilines is 1. The molecule has 1 aromatic heterocycles. The first-order chi connectivity index (χ1) is 14.6. The number of aryl methyl sites for hydroxylation is 1. The Morgan fingerprint density at radius 2 is 1.74 bits per heavy atom. The van der Waals surface area contributed by atoms with E-state index in [9.17, 15) is 22.8 Å². The lowest BCUT2D eigenvalue weighted by Gasteiger charge is -2.10. The maximum absolute atomic E-state index is 12.6. The first-order valence-electron chi connectivity index (χ1n) is 9.19. The number of ether oxygens (including phenoxy) is 1. The molecule has 0 amide bonds. The Bertz CT molecular complexity index is 1110. The molecule has 0 unspecified atom stereocenters. The molecule has 0 bridgehead atoms. The number of hydrogen-bond acceptors (Lipinski definition) is 6. The molecule has 0 aliphatic rings. The lowest BCUT2D eigenvalue weighted by Crippen LogP contribution is -2.12. The molecule has 0 aliphatic carbocycles. The molecule has 0 fully saturated rings. The molecular weight excluding hydrogens is 411 g/mol. The van der Waals surface area contributed by atoms with Crippen LogP contribution in [0.5, 0.6) is 11.8 Å². The summed E-state index contributed by atoms with van der Waals surface area (Å²) < 4.78 is 43.2. The number of rotatable bonds is 7. The van der Waals surface area contributed by atoms with E-state index in [1.54, 1.807) is 49.4 Å². The number of benzene rings is 2. The number of ketones is 2. The van der Waals surface area contributed by atoms with Crippen LogP contribution >= 0.6 is 0 Å². The molecule has 0 radical (unpaired) electrons. The molecule has 0 aliphatic heterocycles. The van der Waals surface area contributed by atoms with Crippen molar-refractivity contribution in [2.45, 2.75) is 25.9 Å². The van der Waals surface area contributed by atoms with Crippen molar-refractivity contribution in [2.24, 2.45) is 0 Å². The minimum atomic E-state index is -4.53. The van der Waals surface area contributed by atoms with E-state index in [0.29, 0.717) is 40.5 Å². The van der Waals surface area contributed by atoms with Crippen molar-refractivity contribution in [3.05, 3.63) is 77.1 Å². The van der Waals surface area contributed by atoms with Crippen molar-refractivity contribution in [1.82, 2.24) is 9.97 Å². The second kappa shape index (κ2) is 8.95. The van der Waals surface area contributed by atoms with Gasteiger partial charge in [0.15, 0.2) is 5.78 Å². The number of aromatic nitrogens is 2. The largest absolute Gasteiger partial charge is 0.424 e. The summed E-state index contributed by atoms with van der Waals surface area (Å²) in [5, 5.41) is 0. The topological polar surface area (TPSA) is 95.2 Å². The fraction of sp³-hybridized carbons (Fsp3) is 0.182. The highest BCUT2D eigenvalue weighted by molar-refractivity contribution is 6.10. The molecule has 2 N–H and O–H groups in total. The zero-order chi connectivity index (χ0) is 22.6. The van der Waals surface area contributed by atoms with Gasteiger partial charge in [0.2, 0.25) is 0 Å². The van der Waals surface area contributed by atoms with Gasteiger partial charge in [-0.05, 0) is 36.2 Å². The number of para-hydroxylation sites is 1. The van der Waals surface area contributed by atoms with Crippen LogP contribution in [0.3, 0.4) is 0 Å². The Kier molecular flexibility index (Phi) is 6.33. The number of alkyl halides is 3. The highest BCUT2D eigenvalue weighted by Gasteiger charge is 2.31. The average Bonchev–Trinajstić information content (AvgIpc) is 2.70. The average molecular weight is 429 g/mol. The van der Waals surface area contributed by atoms with Gasteiger partial charge in [0, 0.05) is 30.1 Å². The van der Waals surface area contributed by atoms with Gasteiger partial charge in [-0.15, -0.1) is 0 Å². The van der Waals surface area contributed by atoms with Crippen LogP contribution in [0.15, 0.2) is 54.9 Å². The third-order valence-corrected chi connectivity index (χ3v) is 4.42. The van der Waals surface area contributed by atoms with Crippen LogP contribution in [0, 0.1) is 6.92 Å². The van der Waals surface area contributed by atoms with Crippen molar-refractivity contribution in [1.29, 1.82) is 0 Å². The van der Waals surface area contributed by atoms with Gasteiger partial charge in [0.25, 0.3) is 0 Å². The first-order valence-corrected chi connectivity index (χ1v) is 9.19. The van der Waals surface area contributed by atoms with Gasteiger partial charge in [-0.2, -0.15) is 13.2 Å². The lowest BCUT2D eigenvalue weighted by molar-refractivity contribution is -0.138. The number of nitrogens with two attached hydrogens (primary N) is 1. The Morgan fingerprint density at radius 3 is 2.35 bits per heavy atom. The second-order valence-corrected chi connectivity index (χ2v) is 6.86. The van der Waals surface area contributed by atoms with Gasteiger partial charge in [-0.3, -0.25) is 9.59 Å². The van der Waals surface area contributed by atoms with Crippen LogP contribution in [-0.4, -0.2) is 21.5 Å². The summed E-state index contributed by atoms with van der Waals surface area (Å²) >= 11 is 0. The first kappa shape index (κ1) is 21.9. The van der Waals surface area contributed by atoms with Gasteiger partial charge >= 0.3 is 12.2 Å². The van der Waals surface area contributed by atoms with Crippen molar-refractivity contribution in [3.8, 4) is 11.8 Å². The Balaban J connectivity index is 1.63. The normalized spacial score (nSPS) is 11.2. The van der Waals surface area contributed by atoms with Crippen molar-refractivity contribution in [2.75, 3.05) is 5.73 Å². The van der Waals surface area contributed by atoms with Crippen LogP contribution in [0.2, 0.25) is 0 Å². The number of hydrogen-bond donors (Lipinski definition) is 1. The third kappa shape index (κ3) is 5.65. The Morgan fingerprint density at radius 1 is 1.06 bits per heavy atom. The molecule has 31 heavy (non-hydrogen) atoms. The van der Waals surface area contributed by atoms with E-state index < -0.39 is 11.7 Å². The van der Waals surface area contributed by atoms with Crippen LogP contribution in [-0.2, 0) is 17.4 Å². The predicted octanol–water partition coefficient (Wildman–Crippen LogP) is 4.56. The summed E-state index contributed by atoms with van der Waals surface area (Å²) in [7, 11) is 0. The summed E-state index contributed by atoms with van der Waals surface area (Å²) in [5.41, 5.74) is 6.72. The fourth-order valence-corrected chi connectivity index (χ4v) is 2.87. The minimum Gasteiger partial charge on any atom is -0.424 e. The van der Waals surface area contributed by atoms with E-state index in [1.807, 2.05) is 0 Å². The monoisotopic (exact) mass is 429 g/mol. The number of carbonyl (C=O) groups is 2. The van der Waals surface area contributed by atoms with E-state index in [2.05, 4.69) is 9.97 Å². The molecule has 0 atom stereocenters. The molecular formula is C22H18F3N3O3. The molecule has 160 valence electrons. The summed E-state index contributed by atoms with van der Waals surface area (Å²) in [6.07, 6.45) is -3.49. The van der Waals surface area contributed by atoms with Crippen molar-refractivity contribution in [3.63, 3.8) is 0 Å². The maximum atomic E-state index is 12.6. The standard InChI is InChI=1S/C22H18F3N3O3/c1-13-8-14(9-16(29)10-19(30)17-4-2-3-5-18(17)26)6-7-20(13)31-21-27-11-15(12-28-21)22(23,24)25/h2-8,11-12H,9-10,26H2,1H3. The van der Waals surface area contributed by atoms with Gasteiger partial charge in [0.1, 0.15) is 11.5 Å². The highest BCUT2D eigenvalue weighted by Crippen LogP contribution is 2.29. The van der Waals surface area contributed by atoms with Gasteiger partial charge in [-0.25, -0.2) is 9.97 Å². The number of nitrogens with zero attached hydrogens (tertiary/aromatic N) is 2. The Hall–Kier alpha value is -3.75. The zero-order valence-corrected chi connectivity index (χ0v) is 16.4. The molecule has 0 saturated carbocycles. The molecule has 0 spiro atoms. The third-order valence-electron chi connectivity index (χ3n) is 4.42. The number of nitrogen functional groups attached to an aromatic ring is 1. The van der Waals surface area contributed by atoms with Crippen LogP contribution in [0.1, 0.15) is 33.5 Å². The van der Waals surface area contributed by atoms with Gasteiger partial charge in [0.05, 0.1) is 12.0 Å². The molecule has 6 nitrogen and oxygen atoms in total. The molecule has 3 aromatic rings. The number of carbonyl (C=O) groups excluding carboxylic acids is 2. The summed E-state index contributed by atoms with van der Waals surface area (Å²) in [6.45, 7) is 1.71. The van der Waals surface area contributed by atoms with E-state index >= 15 is 0 Å². The van der Waals surface area contributed by atoms with Gasteiger partial charge in [-0.1, -0.05) is 24.3 Å². The van der Waals surface area contributed by atoms with Gasteiger partial charge < -0.3 is 10.5 Å². The fourth-order valence-electron chi connectivity index (χ4n) is 2.87. The lowest BCUT2D eigenvalue weighted by atomic mass is 9.99. The van der Waals surface area contributed by atoms with Crippen LogP contribution in [0.4, 0.5) is 18.9 Å². The van der Waals surface area contributed by atoms with E-state index in [1.165, 1.54) is 0 Å². The molecule has 2 aromatic carbocycles. The molecule has 0 saturated heterocycles. The van der Waals surface area contributed by atoms with E-state index in [0.717, 1.165) is 0 Å². The number of Topliss-reactive ketones (excluding diaryl/α,β-unsaturated/α-hetero) is 2. The summed E-state index contributed by atoms with van der Waals surface area (Å²) in [5.74, 6) is -0.282. The molecule has 1 heterocycles. The second-order valence-electron chi connectivity index (χ2n) is 6.86. The maximum Gasteiger partial charge on any atom is 0.419 e. The summed E-state index contributed by atoms with van der Waals surface area (Å²) in [6, 6.07) is 11.2.